The van der Waals surface area contributed by atoms with E-state index in [0.717, 1.165) is 25.1 Å². The van der Waals surface area contributed by atoms with E-state index in [1.54, 1.807) is 0 Å². The molecule has 0 aromatic carbocycles. The predicted molar refractivity (Wildman–Crippen MR) is 63.7 cm³/mol. The Morgan fingerprint density at radius 1 is 1.60 bits per heavy atom. The molecule has 0 amide bonds. The van der Waals surface area contributed by atoms with Gasteiger partial charge >= 0.3 is 0 Å². The Morgan fingerprint density at radius 2 is 2.33 bits per heavy atom. The lowest BCUT2D eigenvalue weighted by Gasteiger charge is -2.11. The lowest BCUT2D eigenvalue weighted by atomic mass is 10.1. The first kappa shape index (κ1) is 14.7. The van der Waals surface area contributed by atoms with Crippen molar-refractivity contribution in [2.24, 2.45) is 5.73 Å². The maximum Gasteiger partial charge on any atom is 0.101 e. The van der Waals surface area contributed by atoms with Crippen molar-refractivity contribution >= 4 is 24.8 Å². The largest absolute Gasteiger partial charge is 0.372 e. The molecule has 2 atom stereocenters. The maximum absolute atomic E-state index is 5.90. The van der Waals surface area contributed by atoms with Crippen LogP contribution in [0.25, 0.3) is 0 Å². The predicted octanol–water partition coefficient (Wildman–Crippen LogP) is 1.54. The van der Waals surface area contributed by atoms with Gasteiger partial charge in [0.2, 0.25) is 0 Å². The minimum Gasteiger partial charge on any atom is -0.372 e. The summed E-state index contributed by atoms with van der Waals surface area (Å²) in [5.74, 6) is 0. The van der Waals surface area contributed by atoms with Gasteiger partial charge in [0.25, 0.3) is 0 Å². The van der Waals surface area contributed by atoms with E-state index >= 15 is 0 Å². The molecule has 0 radical (unpaired) electrons. The van der Waals surface area contributed by atoms with Crippen molar-refractivity contribution < 1.29 is 4.74 Å². The molecule has 1 fully saturated rings. The van der Waals surface area contributed by atoms with Crippen LogP contribution in [0.15, 0.2) is 12.4 Å². The summed E-state index contributed by atoms with van der Waals surface area (Å²) in [7, 11) is 0. The Labute approximate surface area is 102 Å². The van der Waals surface area contributed by atoms with Gasteiger partial charge in [-0.3, -0.25) is 4.68 Å². The van der Waals surface area contributed by atoms with Crippen molar-refractivity contribution in [3.05, 3.63) is 18.0 Å². The summed E-state index contributed by atoms with van der Waals surface area (Å²) in [5.41, 5.74) is 7.00. The fourth-order valence-electron chi connectivity index (χ4n) is 1.65. The fourth-order valence-corrected chi connectivity index (χ4v) is 1.65. The number of aromatic nitrogens is 2. The monoisotopic (exact) mass is 253 g/mol. The van der Waals surface area contributed by atoms with E-state index in [0.29, 0.717) is 0 Å². The molecule has 88 valence electrons. The molecule has 2 heterocycles. The molecule has 0 unspecified atom stereocenters. The van der Waals surface area contributed by atoms with Gasteiger partial charge in [0, 0.05) is 31.0 Å². The molecule has 1 aromatic heterocycles. The second-order valence-electron chi connectivity index (χ2n) is 3.37. The second-order valence-corrected chi connectivity index (χ2v) is 3.37. The van der Waals surface area contributed by atoms with Crippen molar-refractivity contribution in [3.8, 4) is 0 Å². The van der Waals surface area contributed by atoms with E-state index < -0.39 is 0 Å². The van der Waals surface area contributed by atoms with Gasteiger partial charge in [0.15, 0.2) is 0 Å². The van der Waals surface area contributed by atoms with Crippen LogP contribution in [0.2, 0.25) is 0 Å². The summed E-state index contributed by atoms with van der Waals surface area (Å²) < 4.78 is 7.42. The zero-order valence-electron chi connectivity index (χ0n) is 8.63. The molecule has 2 rings (SSSR count). The van der Waals surface area contributed by atoms with Gasteiger partial charge in [0.05, 0.1) is 6.20 Å². The van der Waals surface area contributed by atoms with Crippen LogP contribution in [0.4, 0.5) is 0 Å². The average Bonchev–Trinajstić information content (AvgIpc) is 2.71. The lowest BCUT2D eigenvalue weighted by molar-refractivity contribution is 0.105. The van der Waals surface area contributed by atoms with E-state index in [1.807, 2.05) is 17.1 Å². The number of halogens is 2. The molecule has 0 aliphatic carbocycles. The molecule has 1 aliphatic heterocycles. The first-order valence-corrected chi connectivity index (χ1v) is 4.71. The summed E-state index contributed by atoms with van der Waals surface area (Å²) >= 11 is 0. The number of ether oxygens (including phenoxy) is 1. The first-order valence-electron chi connectivity index (χ1n) is 4.71. The Balaban J connectivity index is 0.000000980. The highest BCUT2D eigenvalue weighted by molar-refractivity contribution is 5.85. The molecule has 0 saturated carbocycles. The zero-order chi connectivity index (χ0) is 9.26. The topological polar surface area (TPSA) is 53.1 Å². The van der Waals surface area contributed by atoms with E-state index in [9.17, 15) is 0 Å². The molecule has 1 aliphatic rings. The van der Waals surface area contributed by atoms with E-state index in [4.69, 9.17) is 10.5 Å². The third kappa shape index (κ3) is 3.08. The van der Waals surface area contributed by atoms with Gasteiger partial charge in [-0.25, -0.2) is 0 Å². The van der Waals surface area contributed by atoms with Gasteiger partial charge in [-0.2, -0.15) is 5.10 Å². The molecule has 1 saturated heterocycles. The molecule has 15 heavy (non-hydrogen) atoms. The first-order chi connectivity index (χ1) is 6.31. The number of nitrogens with zero attached hydrogens (tertiary/aromatic N) is 2. The van der Waals surface area contributed by atoms with Crippen LogP contribution in [0.1, 0.15) is 25.0 Å². The van der Waals surface area contributed by atoms with Crippen LogP contribution in [0.3, 0.4) is 0 Å². The highest BCUT2D eigenvalue weighted by Gasteiger charge is 2.27. The van der Waals surface area contributed by atoms with Crippen LogP contribution in [0, 0.1) is 0 Å². The average molecular weight is 254 g/mol. The van der Waals surface area contributed by atoms with Crippen molar-refractivity contribution in [2.75, 3.05) is 6.61 Å². The van der Waals surface area contributed by atoms with Crippen LogP contribution in [0.5, 0.6) is 0 Å². The third-order valence-electron chi connectivity index (χ3n) is 2.44. The van der Waals surface area contributed by atoms with Crippen molar-refractivity contribution in [3.63, 3.8) is 0 Å². The summed E-state index contributed by atoms with van der Waals surface area (Å²) in [4.78, 5) is 0. The number of nitrogens with two attached hydrogens (primary N) is 1. The molecule has 2 N–H and O–H groups in total. The molecule has 0 spiro atoms. The van der Waals surface area contributed by atoms with Crippen molar-refractivity contribution in [2.45, 2.75) is 32.0 Å². The molecule has 6 heteroatoms. The quantitative estimate of drug-likeness (QED) is 0.870. The maximum atomic E-state index is 5.90. The number of rotatable bonds is 2. The Bertz CT molecular complexity index is 293. The van der Waals surface area contributed by atoms with Crippen LogP contribution in [-0.4, -0.2) is 22.4 Å². The van der Waals surface area contributed by atoms with Crippen molar-refractivity contribution in [1.82, 2.24) is 9.78 Å². The summed E-state index contributed by atoms with van der Waals surface area (Å²) in [6, 6.07) is 0.134. The molecule has 4 nitrogen and oxygen atoms in total. The zero-order valence-corrected chi connectivity index (χ0v) is 10.3. The van der Waals surface area contributed by atoms with E-state index in [-0.39, 0.29) is 37.0 Å². The van der Waals surface area contributed by atoms with Crippen LogP contribution < -0.4 is 5.73 Å². The second kappa shape index (κ2) is 6.33. The minimum absolute atomic E-state index is 0. The number of hydrogen-bond donors (Lipinski definition) is 1. The molecular formula is C9H17Cl2N3O. The minimum atomic E-state index is 0. The van der Waals surface area contributed by atoms with E-state index in [2.05, 4.69) is 12.0 Å². The highest BCUT2D eigenvalue weighted by atomic mass is 35.5. The van der Waals surface area contributed by atoms with Gasteiger partial charge < -0.3 is 10.5 Å². The lowest BCUT2D eigenvalue weighted by Crippen LogP contribution is -2.23. The number of aryl methyl sites for hydroxylation is 1. The Morgan fingerprint density at radius 3 is 2.80 bits per heavy atom. The van der Waals surface area contributed by atoms with Crippen LogP contribution >= 0.6 is 24.8 Å². The molecule has 0 bridgehead atoms. The normalized spacial score (nSPS) is 24.4. The fraction of sp³-hybridized carbons (Fsp3) is 0.667. The van der Waals surface area contributed by atoms with Crippen LogP contribution in [-0.2, 0) is 11.3 Å². The highest BCUT2D eigenvalue weighted by Crippen LogP contribution is 2.26. The van der Waals surface area contributed by atoms with Crippen molar-refractivity contribution in [1.29, 1.82) is 0 Å². The summed E-state index contributed by atoms with van der Waals surface area (Å²) in [6.07, 6.45) is 4.86. The molecule has 1 aromatic rings. The smallest absolute Gasteiger partial charge is 0.101 e. The van der Waals surface area contributed by atoms with Gasteiger partial charge in [-0.15, -0.1) is 24.8 Å². The third-order valence-corrected chi connectivity index (χ3v) is 2.44. The Kier molecular flexibility index (Phi) is 6.20. The summed E-state index contributed by atoms with van der Waals surface area (Å²) in [5, 5.41) is 4.19. The van der Waals surface area contributed by atoms with E-state index in [1.165, 1.54) is 0 Å². The SMILES string of the molecule is CCn1cc([C@H]2OCC[C@@H]2N)cn1.Cl.Cl. The number of hydrogen-bond acceptors (Lipinski definition) is 3. The van der Waals surface area contributed by atoms with Gasteiger partial charge in [0.1, 0.15) is 6.10 Å². The van der Waals surface area contributed by atoms with Gasteiger partial charge in [-0.05, 0) is 13.3 Å². The summed E-state index contributed by atoms with van der Waals surface area (Å²) in [6.45, 7) is 3.72. The standard InChI is InChI=1S/C9H15N3O.2ClH/c1-2-12-6-7(5-11-12)9-8(10)3-4-13-9;;/h5-6,8-9H,2-4,10H2,1H3;2*1H/t8-,9+;;/m0../s1. The molecular weight excluding hydrogens is 237 g/mol. The Hall–Kier alpha value is -0.290. The van der Waals surface area contributed by atoms with Gasteiger partial charge in [-0.1, -0.05) is 0 Å².